The molecule has 0 bridgehead atoms. The summed E-state index contributed by atoms with van der Waals surface area (Å²) >= 11 is 23.9. The number of aliphatic hydroxyl groups excluding tert-OH is 1. The van der Waals surface area contributed by atoms with Crippen molar-refractivity contribution in [3.05, 3.63) is 50.2 Å². The zero-order valence-electron chi connectivity index (χ0n) is 8.92. The summed E-state index contributed by atoms with van der Waals surface area (Å²) in [6.45, 7) is -0.259. The number of halogens is 4. The first-order chi connectivity index (χ1) is 8.52. The second-order valence-corrected chi connectivity index (χ2v) is 5.17. The van der Waals surface area contributed by atoms with Crippen LogP contribution in [0, 0.1) is 0 Å². The molecule has 1 aromatic heterocycles. The second-order valence-electron chi connectivity index (χ2n) is 3.53. The van der Waals surface area contributed by atoms with E-state index in [0.717, 1.165) is 0 Å². The Bertz CT molecular complexity index is 578. The monoisotopic (exact) mass is 321 g/mol. The van der Waals surface area contributed by atoms with Gasteiger partial charge in [0.1, 0.15) is 5.15 Å². The smallest absolute Gasteiger partial charge is 0.129 e. The van der Waals surface area contributed by atoms with Crippen LogP contribution in [-0.4, -0.2) is 10.1 Å². The first kappa shape index (κ1) is 13.9. The first-order valence-corrected chi connectivity index (χ1v) is 6.45. The van der Waals surface area contributed by atoms with Gasteiger partial charge in [0.25, 0.3) is 0 Å². The minimum Gasteiger partial charge on any atom is -0.390 e. The Labute approximate surface area is 124 Å². The van der Waals surface area contributed by atoms with E-state index in [1.165, 1.54) is 0 Å². The maximum atomic E-state index is 9.31. The molecule has 0 aliphatic heterocycles. The number of hydrogen-bond acceptors (Lipinski definition) is 2. The summed E-state index contributed by atoms with van der Waals surface area (Å²) in [5, 5.41) is 10.8. The summed E-state index contributed by atoms with van der Waals surface area (Å²) in [7, 11) is 0. The number of aromatic nitrogens is 1. The normalized spacial score (nSPS) is 10.7. The summed E-state index contributed by atoms with van der Waals surface area (Å²) in [6.07, 6.45) is 0. The summed E-state index contributed by atoms with van der Waals surface area (Å²) in [5.74, 6) is 0. The number of nitrogens with zero attached hydrogens (tertiary/aromatic N) is 1. The molecule has 2 nitrogen and oxygen atoms in total. The molecular weight excluding hydrogens is 316 g/mol. The quantitative estimate of drug-likeness (QED) is 0.801. The minimum atomic E-state index is -0.259. The van der Waals surface area contributed by atoms with E-state index in [1.807, 2.05) is 0 Å². The van der Waals surface area contributed by atoms with Gasteiger partial charge in [0.2, 0.25) is 0 Å². The third-order valence-corrected chi connectivity index (χ3v) is 3.39. The lowest BCUT2D eigenvalue weighted by molar-refractivity contribution is 0.277. The van der Waals surface area contributed by atoms with Crippen LogP contribution in [0.25, 0.3) is 11.1 Å². The van der Waals surface area contributed by atoms with Gasteiger partial charge in [0, 0.05) is 16.1 Å². The Morgan fingerprint density at radius 2 is 1.61 bits per heavy atom. The molecule has 0 aliphatic rings. The largest absolute Gasteiger partial charge is 0.390 e. The molecule has 1 heterocycles. The van der Waals surface area contributed by atoms with Crippen LogP contribution < -0.4 is 0 Å². The van der Waals surface area contributed by atoms with Crippen LogP contribution in [0.15, 0.2) is 24.3 Å². The fraction of sp³-hybridized carbons (Fsp3) is 0.0833. The van der Waals surface area contributed by atoms with Crippen LogP contribution >= 0.6 is 46.4 Å². The van der Waals surface area contributed by atoms with E-state index in [2.05, 4.69) is 4.98 Å². The van der Waals surface area contributed by atoms with Gasteiger partial charge in [-0.15, -0.1) is 0 Å². The van der Waals surface area contributed by atoms with E-state index >= 15 is 0 Å². The van der Waals surface area contributed by atoms with Crippen molar-refractivity contribution in [1.29, 1.82) is 0 Å². The van der Waals surface area contributed by atoms with Crippen molar-refractivity contribution in [2.24, 2.45) is 0 Å². The van der Waals surface area contributed by atoms with Gasteiger partial charge in [0.15, 0.2) is 0 Å². The lowest BCUT2D eigenvalue weighted by Crippen LogP contribution is -1.95. The predicted molar refractivity (Wildman–Crippen MR) is 75.6 cm³/mol. The number of pyridine rings is 1. The van der Waals surface area contributed by atoms with Crippen LogP contribution in [0.5, 0.6) is 0 Å². The molecule has 0 unspecified atom stereocenters. The molecule has 0 radical (unpaired) electrons. The highest BCUT2D eigenvalue weighted by Gasteiger charge is 2.14. The van der Waals surface area contributed by atoms with Crippen molar-refractivity contribution >= 4 is 46.4 Å². The van der Waals surface area contributed by atoms with Gasteiger partial charge in [-0.2, -0.15) is 0 Å². The third-order valence-electron chi connectivity index (χ3n) is 2.37. The Morgan fingerprint density at radius 1 is 1.00 bits per heavy atom. The molecule has 0 atom stereocenters. The lowest BCUT2D eigenvalue weighted by Gasteiger charge is -2.11. The number of benzene rings is 1. The fourth-order valence-corrected chi connectivity index (χ4v) is 2.81. The van der Waals surface area contributed by atoms with E-state index in [9.17, 15) is 5.11 Å². The summed E-state index contributed by atoms with van der Waals surface area (Å²) in [4.78, 5) is 4.04. The molecule has 0 saturated heterocycles. The highest BCUT2D eigenvalue weighted by Crippen LogP contribution is 2.38. The fourth-order valence-electron chi connectivity index (χ4n) is 1.62. The molecule has 1 N–H and O–H groups in total. The zero-order chi connectivity index (χ0) is 13.3. The van der Waals surface area contributed by atoms with Gasteiger partial charge >= 0.3 is 0 Å². The number of rotatable bonds is 2. The average molecular weight is 323 g/mol. The van der Waals surface area contributed by atoms with Gasteiger partial charge in [-0.1, -0.05) is 46.4 Å². The van der Waals surface area contributed by atoms with Gasteiger partial charge in [-0.3, -0.25) is 0 Å². The van der Waals surface area contributed by atoms with Gasteiger partial charge in [0.05, 0.1) is 22.3 Å². The molecule has 2 rings (SSSR count). The van der Waals surface area contributed by atoms with E-state index in [4.69, 9.17) is 46.4 Å². The third kappa shape index (κ3) is 2.73. The van der Waals surface area contributed by atoms with Crippen molar-refractivity contribution < 1.29 is 5.11 Å². The maximum Gasteiger partial charge on any atom is 0.129 e. The highest BCUT2D eigenvalue weighted by atomic mass is 35.5. The van der Waals surface area contributed by atoms with Gasteiger partial charge in [-0.05, 0) is 24.3 Å². The maximum absolute atomic E-state index is 9.31. The van der Waals surface area contributed by atoms with Crippen LogP contribution in [0.1, 0.15) is 5.69 Å². The van der Waals surface area contributed by atoms with Crippen molar-refractivity contribution in [2.45, 2.75) is 6.61 Å². The molecule has 0 amide bonds. The average Bonchev–Trinajstić information content (AvgIpc) is 2.29. The minimum absolute atomic E-state index is 0.259. The van der Waals surface area contributed by atoms with E-state index in [0.29, 0.717) is 37.0 Å². The number of hydrogen-bond donors (Lipinski definition) is 1. The Balaban J connectivity index is 2.69. The summed E-state index contributed by atoms with van der Waals surface area (Å²) in [6, 6.07) is 6.49. The standard InChI is InChI=1S/C12H7Cl4NO/c13-6-3-8(14)12(9(15)4-6)7-1-2-11(16)17-10(7)5-18/h1-4,18H,5H2. The van der Waals surface area contributed by atoms with E-state index in [-0.39, 0.29) is 6.61 Å². The molecule has 0 aliphatic carbocycles. The molecule has 94 valence electrons. The van der Waals surface area contributed by atoms with Crippen LogP contribution in [0.2, 0.25) is 20.2 Å². The van der Waals surface area contributed by atoms with Gasteiger partial charge in [-0.25, -0.2) is 4.98 Å². The molecular formula is C12H7Cl4NO. The molecule has 2 aromatic rings. The molecule has 0 spiro atoms. The molecule has 6 heteroatoms. The van der Waals surface area contributed by atoms with Crippen molar-refractivity contribution in [1.82, 2.24) is 4.98 Å². The van der Waals surface area contributed by atoms with Crippen LogP contribution in [0.3, 0.4) is 0 Å². The summed E-state index contributed by atoms with van der Waals surface area (Å²) in [5.41, 5.74) is 1.62. The second kappa shape index (κ2) is 5.64. The van der Waals surface area contributed by atoms with Crippen LogP contribution in [-0.2, 0) is 6.61 Å². The van der Waals surface area contributed by atoms with Gasteiger partial charge < -0.3 is 5.11 Å². The van der Waals surface area contributed by atoms with Crippen molar-refractivity contribution in [3.63, 3.8) is 0 Å². The molecule has 18 heavy (non-hydrogen) atoms. The Morgan fingerprint density at radius 3 is 2.17 bits per heavy atom. The number of aliphatic hydroxyl groups is 1. The van der Waals surface area contributed by atoms with Crippen molar-refractivity contribution in [2.75, 3.05) is 0 Å². The highest BCUT2D eigenvalue weighted by molar-refractivity contribution is 6.41. The molecule has 0 saturated carbocycles. The predicted octanol–water partition coefficient (Wildman–Crippen LogP) is 4.85. The van der Waals surface area contributed by atoms with E-state index in [1.54, 1.807) is 24.3 Å². The lowest BCUT2D eigenvalue weighted by atomic mass is 10.0. The zero-order valence-corrected chi connectivity index (χ0v) is 11.9. The molecule has 0 fully saturated rings. The Hall–Kier alpha value is -0.510. The molecule has 1 aromatic carbocycles. The summed E-state index contributed by atoms with van der Waals surface area (Å²) < 4.78 is 0. The van der Waals surface area contributed by atoms with Crippen molar-refractivity contribution in [3.8, 4) is 11.1 Å². The Kier molecular flexibility index (Phi) is 4.36. The first-order valence-electron chi connectivity index (χ1n) is 4.94. The SMILES string of the molecule is OCc1nc(Cl)ccc1-c1c(Cl)cc(Cl)cc1Cl. The van der Waals surface area contributed by atoms with E-state index < -0.39 is 0 Å². The topological polar surface area (TPSA) is 33.1 Å². The van der Waals surface area contributed by atoms with Crippen LogP contribution in [0.4, 0.5) is 0 Å².